The van der Waals surface area contributed by atoms with Crippen LogP contribution in [0.25, 0.3) is 0 Å². The first-order valence-electron chi connectivity index (χ1n) is 9.11. The number of carbonyl (C=O) groups is 1. The number of benzene rings is 1. The van der Waals surface area contributed by atoms with Gasteiger partial charge in [0, 0.05) is 25.5 Å². The van der Waals surface area contributed by atoms with Crippen molar-refractivity contribution in [3.63, 3.8) is 0 Å². The van der Waals surface area contributed by atoms with Crippen LogP contribution in [-0.4, -0.2) is 32.5 Å². The second kappa shape index (κ2) is 9.50. The van der Waals surface area contributed by atoms with E-state index in [4.69, 9.17) is 0 Å². The maximum Gasteiger partial charge on any atom is 0.314 e. The van der Waals surface area contributed by atoms with E-state index in [1.807, 2.05) is 19.1 Å². The van der Waals surface area contributed by atoms with Gasteiger partial charge in [0.25, 0.3) is 0 Å². The summed E-state index contributed by atoms with van der Waals surface area (Å²) in [4.78, 5) is 16.2. The van der Waals surface area contributed by atoms with Gasteiger partial charge in [0.2, 0.25) is 0 Å². The third-order valence-corrected chi connectivity index (χ3v) is 6.41. The van der Waals surface area contributed by atoms with Crippen molar-refractivity contribution in [3.05, 3.63) is 59.9 Å². The first kappa shape index (κ1) is 20.9. The highest BCUT2D eigenvalue weighted by atomic mass is 32.2. The van der Waals surface area contributed by atoms with Gasteiger partial charge in [-0.25, -0.2) is 13.2 Å². The maximum atomic E-state index is 13.2. The van der Waals surface area contributed by atoms with Gasteiger partial charge in [0.05, 0.1) is 4.90 Å². The summed E-state index contributed by atoms with van der Waals surface area (Å²) in [5.41, 5.74) is 1.62. The van der Waals surface area contributed by atoms with Crippen molar-refractivity contribution < 1.29 is 13.2 Å². The van der Waals surface area contributed by atoms with Crippen molar-refractivity contribution in [2.75, 3.05) is 13.1 Å². The van der Waals surface area contributed by atoms with Gasteiger partial charge in [-0.3, -0.25) is 4.98 Å². The van der Waals surface area contributed by atoms with E-state index in [1.165, 1.54) is 6.20 Å². The third-order valence-electron chi connectivity index (χ3n) is 4.29. The molecule has 146 valence electrons. The molecule has 1 heterocycles. The van der Waals surface area contributed by atoms with Crippen LogP contribution in [0.1, 0.15) is 49.5 Å². The molecule has 0 aliphatic rings. The SMILES string of the molecule is CCCNC(=O)NC[C@H](c1cccnc1)S(=O)(=O)c1ccc(C(C)C)cc1. The lowest BCUT2D eigenvalue weighted by Gasteiger charge is -2.19. The Balaban J connectivity index is 2.29. The zero-order chi connectivity index (χ0) is 19.9. The highest BCUT2D eigenvalue weighted by Crippen LogP contribution is 2.29. The number of pyridine rings is 1. The van der Waals surface area contributed by atoms with Crippen LogP contribution in [0, 0.1) is 0 Å². The van der Waals surface area contributed by atoms with Crippen LogP contribution in [0.2, 0.25) is 0 Å². The summed E-state index contributed by atoms with van der Waals surface area (Å²) in [5, 5.41) is 4.44. The topological polar surface area (TPSA) is 88.2 Å². The molecule has 6 nitrogen and oxygen atoms in total. The summed E-state index contributed by atoms with van der Waals surface area (Å²) in [6, 6.07) is 9.95. The molecule has 0 aliphatic carbocycles. The van der Waals surface area contributed by atoms with Crippen molar-refractivity contribution in [2.45, 2.75) is 43.3 Å². The lowest BCUT2D eigenvalue weighted by Crippen LogP contribution is -2.39. The Bertz CT molecular complexity index is 835. The van der Waals surface area contributed by atoms with Gasteiger partial charge in [-0.05, 0) is 41.7 Å². The number of urea groups is 1. The van der Waals surface area contributed by atoms with Gasteiger partial charge in [0.1, 0.15) is 5.25 Å². The molecule has 7 heteroatoms. The minimum absolute atomic E-state index is 0.0322. The first-order valence-corrected chi connectivity index (χ1v) is 10.7. The molecule has 1 aromatic carbocycles. The monoisotopic (exact) mass is 389 g/mol. The van der Waals surface area contributed by atoms with E-state index in [1.54, 1.807) is 30.5 Å². The smallest absolute Gasteiger partial charge is 0.314 e. The van der Waals surface area contributed by atoms with Gasteiger partial charge < -0.3 is 10.6 Å². The number of carbonyl (C=O) groups excluding carboxylic acids is 1. The van der Waals surface area contributed by atoms with Crippen LogP contribution >= 0.6 is 0 Å². The van der Waals surface area contributed by atoms with Crippen LogP contribution in [0.4, 0.5) is 4.79 Å². The molecule has 2 aromatic rings. The van der Waals surface area contributed by atoms with Crippen LogP contribution in [0.15, 0.2) is 53.7 Å². The van der Waals surface area contributed by atoms with E-state index in [9.17, 15) is 13.2 Å². The van der Waals surface area contributed by atoms with E-state index < -0.39 is 15.1 Å². The van der Waals surface area contributed by atoms with Crippen molar-refractivity contribution in [3.8, 4) is 0 Å². The second-order valence-corrected chi connectivity index (χ2v) is 8.81. The molecule has 1 atom stereocenters. The number of aromatic nitrogens is 1. The standard InChI is InChI=1S/C20H27N3O3S/c1-4-11-22-20(24)23-14-19(17-6-5-12-21-13-17)27(25,26)18-9-7-16(8-10-18)15(2)3/h5-10,12-13,15,19H,4,11,14H2,1-3H3,(H2,22,23,24)/t19-/m1/s1. The number of hydrogen-bond acceptors (Lipinski definition) is 4. The lowest BCUT2D eigenvalue weighted by atomic mass is 10.0. The number of hydrogen-bond donors (Lipinski definition) is 2. The van der Waals surface area contributed by atoms with Crippen molar-refractivity contribution in [1.82, 2.24) is 15.6 Å². The molecule has 0 aliphatic heterocycles. The summed E-state index contributed by atoms with van der Waals surface area (Å²) in [6.45, 7) is 6.56. The Labute approximate surface area is 161 Å². The van der Waals surface area contributed by atoms with Crippen LogP contribution in [0.5, 0.6) is 0 Å². The Morgan fingerprint density at radius 3 is 2.33 bits per heavy atom. The van der Waals surface area contributed by atoms with E-state index in [0.29, 0.717) is 18.0 Å². The molecule has 2 amide bonds. The van der Waals surface area contributed by atoms with Gasteiger partial charge in [-0.15, -0.1) is 0 Å². The minimum atomic E-state index is -3.70. The Kier molecular flexibility index (Phi) is 7.36. The molecule has 2 N–H and O–H groups in total. The summed E-state index contributed by atoms with van der Waals surface area (Å²) < 4.78 is 26.5. The zero-order valence-electron chi connectivity index (χ0n) is 16.0. The van der Waals surface area contributed by atoms with Crippen LogP contribution < -0.4 is 10.6 Å². The Hall–Kier alpha value is -2.41. The van der Waals surface area contributed by atoms with Gasteiger partial charge in [-0.2, -0.15) is 0 Å². The van der Waals surface area contributed by atoms with Crippen molar-refractivity contribution in [2.24, 2.45) is 0 Å². The van der Waals surface area contributed by atoms with E-state index in [2.05, 4.69) is 29.5 Å². The largest absolute Gasteiger partial charge is 0.338 e. The number of nitrogens with zero attached hydrogens (tertiary/aromatic N) is 1. The molecule has 0 bridgehead atoms. The fourth-order valence-electron chi connectivity index (χ4n) is 2.67. The predicted molar refractivity (Wildman–Crippen MR) is 106 cm³/mol. The molecule has 0 saturated heterocycles. The fourth-order valence-corrected chi connectivity index (χ4v) is 4.31. The van der Waals surface area contributed by atoms with E-state index in [-0.39, 0.29) is 17.5 Å². The summed E-state index contributed by atoms with van der Waals surface area (Å²) in [7, 11) is -3.70. The quantitative estimate of drug-likeness (QED) is 0.724. The lowest BCUT2D eigenvalue weighted by molar-refractivity contribution is 0.241. The summed E-state index contributed by atoms with van der Waals surface area (Å²) in [6.07, 6.45) is 3.92. The number of sulfone groups is 1. The predicted octanol–water partition coefficient (Wildman–Crippen LogP) is 3.43. The van der Waals surface area contributed by atoms with Crippen LogP contribution in [0.3, 0.4) is 0 Å². The number of amides is 2. The molecule has 27 heavy (non-hydrogen) atoms. The molecule has 0 spiro atoms. The normalized spacial score (nSPS) is 12.6. The molecule has 0 fully saturated rings. The fraction of sp³-hybridized carbons (Fsp3) is 0.400. The average molecular weight is 390 g/mol. The van der Waals surface area contributed by atoms with Crippen molar-refractivity contribution in [1.29, 1.82) is 0 Å². The molecule has 0 radical (unpaired) electrons. The van der Waals surface area contributed by atoms with Crippen LogP contribution in [-0.2, 0) is 9.84 Å². The summed E-state index contributed by atoms with van der Waals surface area (Å²) in [5.74, 6) is 0.319. The van der Waals surface area contributed by atoms with Gasteiger partial charge in [-0.1, -0.05) is 39.0 Å². The Morgan fingerprint density at radius 1 is 1.07 bits per heavy atom. The van der Waals surface area contributed by atoms with E-state index in [0.717, 1.165) is 12.0 Å². The molecular formula is C20H27N3O3S. The van der Waals surface area contributed by atoms with Crippen molar-refractivity contribution >= 4 is 15.9 Å². The average Bonchev–Trinajstić information content (AvgIpc) is 2.67. The molecule has 0 unspecified atom stereocenters. The first-order chi connectivity index (χ1) is 12.9. The summed E-state index contributed by atoms with van der Waals surface area (Å²) >= 11 is 0. The molecule has 0 saturated carbocycles. The van der Waals surface area contributed by atoms with Gasteiger partial charge in [0.15, 0.2) is 9.84 Å². The second-order valence-electron chi connectivity index (χ2n) is 6.68. The zero-order valence-corrected chi connectivity index (χ0v) is 16.8. The molecule has 1 aromatic heterocycles. The van der Waals surface area contributed by atoms with Gasteiger partial charge >= 0.3 is 6.03 Å². The third kappa shape index (κ3) is 5.53. The number of rotatable bonds is 8. The van der Waals surface area contributed by atoms with E-state index >= 15 is 0 Å². The highest BCUT2D eigenvalue weighted by molar-refractivity contribution is 7.91. The highest BCUT2D eigenvalue weighted by Gasteiger charge is 2.30. The minimum Gasteiger partial charge on any atom is -0.338 e. The molecule has 2 rings (SSSR count). The molecular weight excluding hydrogens is 362 g/mol. The Morgan fingerprint density at radius 2 is 1.78 bits per heavy atom. The number of nitrogens with one attached hydrogen (secondary N) is 2. The maximum absolute atomic E-state index is 13.2.